The summed E-state index contributed by atoms with van der Waals surface area (Å²) in [4.78, 5) is 8.48. The van der Waals surface area contributed by atoms with Gasteiger partial charge < -0.3 is 15.1 Å². The number of benzene rings is 2. The summed E-state index contributed by atoms with van der Waals surface area (Å²) >= 11 is 7.54. The standard InChI is InChI=1S/C24H33N3S2.ClH/c1-5-8-15-25-24(28)19-13-14-23-21(16-19)27(18(4)17-26(6-2)7-3)20-11-9-10-12-22(20)29-23;/h9-14,16,18H,5-8,15,17H2,1-4H3,(H,25,28);1H/t18-;/m1./s1. The molecule has 0 radical (unpaired) electrons. The largest absolute Gasteiger partial charge is 0.376 e. The molecule has 2 aromatic rings. The lowest BCUT2D eigenvalue weighted by atomic mass is 10.1. The predicted octanol–water partition coefficient (Wildman–Crippen LogP) is 6.51. The van der Waals surface area contributed by atoms with Crippen LogP contribution in [0.15, 0.2) is 52.3 Å². The van der Waals surface area contributed by atoms with Crippen molar-refractivity contribution in [1.29, 1.82) is 0 Å². The molecule has 0 fully saturated rings. The third-order valence-corrected chi connectivity index (χ3v) is 7.01. The number of hydrogen-bond donors (Lipinski definition) is 1. The number of halogens is 1. The molecule has 164 valence electrons. The minimum Gasteiger partial charge on any atom is -0.376 e. The molecule has 30 heavy (non-hydrogen) atoms. The third-order valence-electron chi connectivity index (χ3n) is 5.50. The van der Waals surface area contributed by atoms with Crippen molar-refractivity contribution in [1.82, 2.24) is 10.2 Å². The van der Waals surface area contributed by atoms with E-state index in [0.717, 1.165) is 43.2 Å². The van der Waals surface area contributed by atoms with Gasteiger partial charge in [-0.1, -0.05) is 69.4 Å². The van der Waals surface area contributed by atoms with Crippen LogP contribution in [0.2, 0.25) is 0 Å². The molecule has 1 N–H and O–H groups in total. The number of fused-ring (bicyclic) bond motifs is 2. The Balaban J connectivity index is 0.00000320. The van der Waals surface area contributed by atoms with Crippen molar-refractivity contribution in [2.75, 3.05) is 31.1 Å². The lowest BCUT2D eigenvalue weighted by Gasteiger charge is -2.39. The van der Waals surface area contributed by atoms with Crippen molar-refractivity contribution < 1.29 is 0 Å². The van der Waals surface area contributed by atoms with E-state index in [1.165, 1.54) is 27.6 Å². The molecule has 3 rings (SSSR count). The van der Waals surface area contributed by atoms with Crippen LogP contribution in [0.4, 0.5) is 11.4 Å². The second-order valence-corrected chi connectivity index (χ2v) is 9.06. The molecular weight excluding hydrogens is 430 g/mol. The van der Waals surface area contributed by atoms with Gasteiger partial charge in [-0.05, 0) is 50.7 Å². The molecule has 6 heteroatoms. The topological polar surface area (TPSA) is 18.5 Å². The molecule has 0 aromatic heterocycles. The SMILES string of the molecule is CCCCNC(=S)c1ccc2c(c1)N([C@H](C)CN(CC)CC)c1ccccc1S2.Cl. The molecule has 1 aliphatic rings. The smallest absolute Gasteiger partial charge is 0.106 e. The molecule has 1 aliphatic heterocycles. The van der Waals surface area contributed by atoms with Gasteiger partial charge in [0.25, 0.3) is 0 Å². The minimum absolute atomic E-state index is 0. The summed E-state index contributed by atoms with van der Waals surface area (Å²) in [6, 6.07) is 15.8. The molecule has 0 spiro atoms. The van der Waals surface area contributed by atoms with Crippen LogP contribution in [0.25, 0.3) is 0 Å². The summed E-state index contributed by atoms with van der Waals surface area (Å²) in [6.07, 6.45) is 2.31. The van der Waals surface area contributed by atoms with Gasteiger partial charge in [-0.15, -0.1) is 12.4 Å². The number of nitrogens with one attached hydrogen (secondary N) is 1. The Kier molecular flexibility index (Phi) is 9.95. The molecule has 0 unspecified atom stereocenters. The minimum atomic E-state index is 0. The van der Waals surface area contributed by atoms with E-state index in [4.69, 9.17) is 12.2 Å². The second-order valence-electron chi connectivity index (χ2n) is 7.57. The third kappa shape index (κ3) is 5.70. The van der Waals surface area contributed by atoms with E-state index in [0.29, 0.717) is 6.04 Å². The van der Waals surface area contributed by atoms with Crippen molar-refractivity contribution in [3.63, 3.8) is 0 Å². The van der Waals surface area contributed by atoms with Crippen LogP contribution in [0.1, 0.15) is 46.1 Å². The Labute approximate surface area is 198 Å². The molecule has 0 bridgehead atoms. The average molecular weight is 464 g/mol. The Hall–Kier alpha value is -1.27. The number of likely N-dealkylation sites (N-methyl/N-ethyl adjacent to an activating group) is 1. The fourth-order valence-corrected chi connectivity index (χ4v) is 5.10. The quantitative estimate of drug-likeness (QED) is 0.336. The first kappa shape index (κ1) is 25.0. The molecule has 1 atom stereocenters. The highest BCUT2D eigenvalue weighted by atomic mass is 35.5. The number of para-hydroxylation sites is 1. The summed E-state index contributed by atoms with van der Waals surface area (Å²) in [5, 5.41) is 3.42. The van der Waals surface area contributed by atoms with Crippen LogP contribution >= 0.6 is 36.4 Å². The van der Waals surface area contributed by atoms with E-state index < -0.39 is 0 Å². The first-order chi connectivity index (χ1) is 14.1. The molecular formula is C24H34ClN3S2. The highest BCUT2D eigenvalue weighted by Gasteiger charge is 2.28. The van der Waals surface area contributed by atoms with E-state index in [9.17, 15) is 0 Å². The molecule has 3 nitrogen and oxygen atoms in total. The lowest BCUT2D eigenvalue weighted by Crippen LogP contribution is -2.41. The van der Waals surface area contributed by atoms with Gasteiger partial charge in [0.15, 0.2) is 0 Å². The second kappa shape index (κ2) is 11.9. The van der Waals surface area contributed by atoms with Gasteiger partial charge in [-0.3, -0.25) is 0 Å². The Morgan fingerprint density at radius 3 is 2.47 bits per heavy atom. The number of anilines is 2. The van der Waals surface area contributed by atoms with Crippen molar-refractivity contribution in [2.45, 2.75) is 56.4 Å². The number of unbranched alkanes of at least 4 members (excludes halogenated alkanes) is 1. The number of nitrogens with zero attached hydrogens (tertiary/aromatic N) is 2. The molecule has 1 heterocycles. The molecule has 0 saturated heterocycles. The summed E-state index contributed by atoms with van der Waals surface area (Å²) in [6.45, 7) is 13.1. The predicted molar refractivity (Wildman–Crippen MR) is 138 cm³/mol. The summed E-state index contributed by atoms with van der Waals surface area (Å²) in [5.74, 6) is 0. The molecule has 0 saturated carbocycles. The molecule has 0 amide bonds. The summed E-state index contributed by atoms with van der Waals surface area (Å²) in [7, 11) is 0. The zero-order valence-electron chi connectivity index (χ0n) is 18.5. The Bertz CT molecular complexity index is 839. The zero-order chi connectivity index (χ0) is 20.8. The van der Waals surface area contributed by atoms with Crippen molar-refractivity contribution in [3.8, 4) is 0 Å². The van der Waals surface area contributed by atoms with Gasteiger partial charge >= 0.3 is 0 Å². The van der Waals surface area contributed by atoms with Crippen LogP contribution < -0.4 is 10.2 Å². The summed E-state index contributed by atoms with van der Waals surface area (Å²) in [5.41, 5.74) is 3.67. The Morgan fingerprint density at radius 2 is 1.77 bits per heavy atom. The monoisotopic (exact) mass is 463 g/mol. The zero-order valence-corrected chi connectivity index (χ0v) is 20.9. The van der Waals surface area contributed by atoms with Gasteiger partial charge in [-0.25, -0.2) is 0 Å². The van der Waals surface area contributed by atoms with Crippen LogP contribution in [0.5, 0.6) is 0 Å². The summed E-state index contributed by atoms with van der Waals surface area (Å²) < 4.78 is 0. The molecule has 0 aliphatic carbocycles. The lowest BCUT2D eigenvalue weighted by molar-refractivity contribution is 0.288. The van der Waals surface area contributed by atoms with Crippen molar-refractivity contribution in [2.24, 2.45) is 0 Å². The van der Waals surface area contributed by atoms with Crippen molar-refractivity contribution >= 4 is 52.8 Å². The fraction of sp³-hybridized carbons (Fsp3) is 0.458. The van der Waals surface area contributed by atoms with Crippen LogP contribution in [0, 0.1) is 0 Å². The van der Waals surface area contributed by atoms with Gasteiger partial charge in [0.2, 0.25) is 0 Å². The maximum Gasteiger partial charge on any atom is 0.106 e. The maximum atomic E-state index is 5.68. The van der Waals surface area contributed by atoms with E-state index in [2.05, 4.69) is 85.3 Å². The first-order valence-corrected chi connectivity index (χ1v) is 12.0. The van der Waals surface area contributed by atoms with Gasteiger partial charge in [0.1, 0.15) is 4.99 Å². The fourth-order valence-electron chi connectivity index (χ4n) is 3.82. The molecule has 2 aromatic carbocycles. The number of rotatable bonds is 9. The first-order valence-electron chi connectivity index (χ1n) is 10.8. The number of hydrogen-bond acceptors (Lipinski definition) is 4. The highest BCUT2D eigenvalue weighted by molar-refractivity contribution is 7.99. The van der Waals surface area contributed by atoms with E-state index in [1.807, 2.05) is 11.8 Å². The Morgan fingerprint density at radius 1 is 1.07 bits per heavy atom. The van der Waals surface area contributed by atoms with E-state index >= 15 is 0 Å². The van der Waals surface area contributed by atoms with Crippen LogP contribution in [-0.2, 0) is 0 Å². The normalized spacial score (nSPS) is 13.3. The van der Waals surface area contributed by atoms with Gasteiger partial charge in [0, 0.05) is 34.5 Å². The van der Waals surface area contributed by atoms with Crippen LogP contribution in [0.3, 0.4) is 0 Å². The van der Waals surface area contributed by atoms with Gasteiger partial charge in [-0.2, -0.15) is 0 Å². The average Bonchev–Trinajstić information content (AvgIpc) is 2.75. The maximum absolute atomic E-state index is 5.68. The van der Waals surface area contributed by atoms with Crippen molar-refractivity contribution in [3.05, 3.63) is 48.0 Å². The van der Waals surface area contributed by atoms with E-state index in [-0.39, 0.29) is 12.4 Å². The number of thiocarbonyl (C=S) groups is 1. The highest BCUT2D eigenvalue weighted by Crippen LogP contribution is 2.49. The van der Waals surface area contributed by atoms with Gasteiger partial charge in [0.05, 0.1) is 11.4 Å². The van der Waals surface area contributed by atoms with E-state index in [1.54, 1.807) is 0 Å². The van der Waals surface area contributed by atoms with Crippen LogP contribution in [-0.4, -0.2) is 42.1 Å².